The number of ether oxygens (including phenoxy) is 1. The molecule has 1 N–H and O–H groups in total. The predicted molar refractivity (Wildman–Crippen MR) is 99.1 cm³/mol. The molecule has 2 aromatic heterocycles. The molecule has 7 heteroatoms. The van der Waals surface area contributed by atoms with Crippen molar-refractivity contribution in [3.8, 4) is 23.0 Å². The fourth-order valence-electron chi connectivity index (χ4n) is 2.92. The minimum atomic E-state index is -0.887. The first kappa shape index (κ1) is 16.8. The number of aliphatic carboxylic acids is 1. The number of methoxy groups -OCH3 is 1. The molecular weight excluding hydrogens is 346 g/mol. The number of hydrogen-bond acceptors (Lipinski definition) is 5. The molecule has 0 bridgehead atoms. The zero-order chi connectivity index (χ0) is 18.8. The van der Waals surface area contributed by atoms with Gasteiger partial charge in [0.05, 0.1) is 24.6 Å². The topological polar surface area (TPSA) is 90.4 Å². The van der Waals surface area contributed by atoms with Crippen LogP contribution >= 0.6 is 0 Å². The van der Waals surface area contributed by atoms with Crippen molar-refractivity contribution in [1.29, 1.82) is 0 Å². The fourth-order valence-corrected chi connectivity index (χ4v) is 2.92. The number of benzene rings is 2. The molecule has 0 spiro atoms. The molecular formula is C20H17N3O4. The second-order valence-electron chi connectivity index (χ2n) is 5.99. The minimum absolute atomic E-state index is 0.0392. The number of carboxylic acids is 1. The first-order valence-electron chi connectivity index (χ1n) is 8.44. The molecule has 0 amide bonds. The molecule has 0 fully saturated rings. The molecule has 4 rings (SSSR count). The summed E-state index contributed by atoms with van der Waals surface area (Å²) in [5.41, 5.74) is 3.14. The highest BCUT2D eigenvalue weighted by atomic mass is 16.5. The van der Waals surface area contributed by atoms with Crippen LogP contribution in [0.3, 0.4) is 0 Å². The van der Waals surface area contributed by atoms with Crippen molar-refractivity contribution in [2.75, 3.05) is 7.11 Å². The van der Waals surface area contributed by atoms with Gasteiger partial charge in [0.25, 0.3) is 0 Å². The Morgan fingerprint density at radius 1 is 1.19 bits per heavy atom. The molecule has 0 saturated heterocycles. The number of rotatable bonds is 6. The smallest absolute Gasteiger partial charge is 0.308 e. The van der Waals surface area contributed by atoms with Crippen LogP contribution in [0.25, 0.3) is 28.3 Å². The zero-order valence-electron chi connectivity index (χ0n) is 14.6. The van der Waals surface area contributed by atoms with Gasteiger partial charge < -0.3 is 14.3 Å². The van der Waals surface area contributed by atoms with E-state index in [1.54, 1.807) is 18.0 Å². The lowest BCUT2D eigenvalue weighted by molar-refractivity contribution is -0.137. The molecule has 0 aliphatic rings. The summed E-state index contributed by atoms with van der Waals surface area (Å²) in [5.74, 6) is 0.368. The van der Waals surface area contributed by atoms with Crippen molar-refractivity contribution >= 4 is 17.0 Å². The summed E-state index contributed by atoms with van der Waals surface area (Å²) in [6.45, 7) is 0. The number of oxazole rings is 1. The van der Waals surface area contributed by atoms with Crippen LogP contribution in [0, 0.1) is 0 Å². The number of aryl methyl sites for hydroxylation is 1. The van der Waals surface area contributed by atoms with Crippen LogP contribution in [-0.4, -0.2) is 32.7 Å². The van der Waals surface area contributed by atoms with Gasteiger partial charge in [-0.2, -0.15) is 4.98 Å². The standard InChI is InChI=1S/C20H17N3O4/c1-26-14-8-6-13(7-9-14)19-17(10-11-18(24)25)27-20(22-19)23-12-21-15-4-2-3-5-16(15)23/h2-9,12H,10-11H2,1H3,(H,24,25). The third-order valence-corrected chi connectivity index (χ3v) is 4.28. The van der Waals surface area contributed by atoms with Crippen molar-refractivity contribution in [1.82, 2.24) is 14.5 Å². The van der Waals surface area contributed by atoms with Gasteiger partial charge in [-0.25, -0.2) is 4.98 Å². The summed E-state index contributed by atoms with van der Waals surface area (Å²) in [6, 6.07) is 15.4. The van der Waals surface area contributed by atoms with Gasteiger partial charge in [0.2, 0.25) is 0 Å². The van der Waals surface area contributed by atoms with E-state index in [4.69, 9.17) is 14.3 Å². The van der Waals surface area contributed by atoms with Gasteiger partial charge in [0, 0.05) is 12.0 Å². The highest BCUT2D eigenvalue weighted by molar-refractivity contribution is 5.76. The Hall–Kier alpha value is -3.61. The van der Waals surface area contributed by atoms with Crippen LogP contribution < -0.4 is 4.74 Å². The maximum Gasteiger partial charge on any atom is 0.308 e. The molecule has 0 aliphatic carbocycles. The summed E-state index contributed by atoms with van der Waals surface area (Å²) in [6.07, 6.45) is 1.86. The Morgan fingerprint density at radius 3 is 2.70 bits per heavy atom. The molecule has 7 nitrogen and oxygen atoms in total. The van der Waals surface area contributed by atoms with Crippen LogP contribution in [0.15, 0.2) is 59.3 Å². The van der Waals surface area contributed by atoms with E-state index in [9.17, 15) is 4.79 Å². The minimum Gasteiger partial charge on any atom is -0.497 e. The third-order valence-electron chi connectivity index (χ3n) is 4.28. The normalized spacial score (nSPS) is 11.0. The summed E-state index contributed by atoms with van der Waals surface area (Å²) in [7, 11) is 1.60. The number of nitrogens with zero attached hydrogens (tertiary/aromatic N) is 3. The number of hydrogen-bond donors (Lipinski definition) is 1. The monoisotopic (exact) mass is 363 g/mol. The van der Waals surface area contributed by atoms with Crippen LogP contribution in [-0.2, 0) is 11.2 Å². The summed E-state index contributed by atoms with van der Waals surface area (Å²) >= 11 is 0. The SMILES string of the molecule is COc1ccc(-c2nc(-n3cnc4ccccc43)oc2CCC(=O)O)cc1. The maximum absolute atomic E-state index is 11.0. The molecule has 0 unspecified atom stereocenters. The van der Waals surface area contributed by atoms with Gasteiger partial charge in [0.15, 0.2) is 0 Å². The van der Waals surface area contributed by atoms with Crippen molar-refractivity contribution in [3.05, 3.63) is 60.6 Å². The Bertz CT molecular complexity index is 1100. The molecule has 0 saturated carbocycles. The highest BCUT2D eigenvalue weighted by Crippen LogP contribution is 2.29. The second kappa shape index (κ2) is 6.95. The van der Waals surface area contributed by atoms with Gasteiger partial charge in [-0.3, -0.25) is 9.36 Å². The molecule has 27 heavy (non-hydrogen) atoms. The Kier molecular flexibility index (Phi) is 4.33. The number of para-hydroxylation sites is 2. The first-order valence-corrected chi connectivity index (χ1v) is 8.44. The Labute approximate surface area is 154 Å². The lowest BCUT2D eigenvalue weighted by Crippen LogP contribution is -1.97. The first-order chi connectivity index (χ1) is 13.2. The van der Waals surface area contributed by atoms with Crippen molar-refractivity contribution in [2.24, 2.45) is 0 Å². The summed E-state index contributed by atoms with van der Waals surface area (Å²) < 4.78 is 12.9. The summed E-state index contributed by atoms with van der Waals surface area (Å²) in [5, 5.41) is 9.04. The predicted octanol–water partition coefficient (Wildman–Crippen LogP) is 3.71. The lowest BCUT2D eigenvalue weighted by atomic mass is 10.1. The van der Waals surface area contributed by atoms with E-state index in [0.717, 1.165) is 22.3 Å². The molecule has 0 atom stereocenters. The van der Waals surface area contributed by atoms with Gasteiger partial charge in [-0.15, -0.1) is 0 Å². The van der Waals surface area contributed by atoms with E-state index in [-0.39, 0.29) is 12.8 Å². The average Bonchev–Trinajstić information content (AvgIpc) is 3.30. The number of fused-ring (bicyclic) bond motifs is 1. The van der Waals surface area contributed by atoms with E-state index < -0.39 is 5.97 Å². The molecule has 0 radical (unpaired) electrons. The van der Waals surface area contributed by atoms with Gasteiger partial charge in [-0.05, 0) is 36.4 Å². The number of carbonyl (C=O) groups is 1. The van der Waals surface area contributed by atoms with Crippen molar-refractivity contribution < 1.29 is 19.1 Å². The maximum atomic E-state index is 11.0. The number of aromatic nitrogens is 3. The molecule has 2 aromatic carbocycles. The quantitative estimate of drug-likeness (QED) is 0.562. The van der Waals surface area contributed by atoms with Crippen molar-refractivity contribution in [2.45, 2.75) is 12.8 Å². The van der Waals surface area contributed by atoms with E-state index in [1.807, 2.05) is 48.5 Å². The van der Waals surface area contributed by atoms with Gasteiger partial charge in [0.1, 0.15) is 23.5 Å². The molecule has 2 heterocycles. The summed E-state index contributed by atoms with van der Waals surface area (Å²) in [4.78, 5) is 20.0. The number of imidazole rings is 1. The van der Waals surface area contributed by atoms with E-state index in [0.29, 0.717) is 17.5 Å². The Morgan fingerprint density at radius 2 is 1.96 bits per heavy atom. The zero-order valence-corrected chi connectivity index (χ0v) is 14.6. The molecule has 0 aliphatic heterocycles. The van der Waals surface area contributed by atoms with Gasteiger partial charge >= 0.3 is 12.0 Å². The van der Waals surface area contributed by atoms with Gasteiger partial charge in [-0.1, -0.05) is 12.1 Å². The van der Waals surface area contributed by atoms with Crippen LogP contribution in [0.1, 0.15) is 12.2 Å². The van der Waals surface area contributed by atoms with E-state index in [1.165, 1.54) is 0 Å². The fraction of sp³-hybridized carbons (Fsp3) is 0.150. The Balaban J connectivity index is 1.80. The van der Waals surface area contributed by atoms with Crippen LogP contribution in [0.5, 0.6) is 5.75 Å². The highest BCUT2D eigenvalue weighted by Gasteiger charge is 2.18. The van der Waals surface area contributed by atoms with Crippen LogP contribution in [0.4, 0.5) is 0 Å². The second-order valence-corrected chi connectivity index (χ2v) is 5.99. The average molecular weight is 363 g/mol. The largest absolute Gasteiger partial charge is 0.497 e. The molecule has 4 aromatic rings. The van der Waals surface area contributed by atoms with E-state index >= 15 is 0 Å². The number of carboxylic acid groups (broad SMARTS) is 1. The molecule has 136 valence electrons. The lowest BCUT2D eigenvalue weighted by Gasteiger charge is -2.02. The van der Waals surface area contributed by atoms with Crippen molar-refractivity contribution in [3.63, 3.8) is 0 Å². The van der Waals surface area contributed by atoms with E-state index in [2.05, 4.69) is 9.97 Å². The van der Waals surface area contributed by atoms with Crippen LogP contribution in [0.2, 0.25) is 0 Å². The third kappa shape index (κ3) is 3.27.